The SMILES string of the molecule is O=P(c1ccccc1)(c1ccccc1)c1ccccc1Oc1ccc(N(c2ccccc2)c2ccccc2)cc1P(=O)(c1ccccc1)c1ccccc1. The predicted molar refractivity (Wildman–Crippen MR) is 226 cm³/mol. The first-order valence-corrected chi connectivity index (χ1v) is 21.2. The summed E-state index contributed by atoms with van der Waals surface area (Å²) < 4.78 is 38.9. The lowest BCUT2D eigenvalue weighted by Gasteiger charge is -2.29. The standard InChI is InChI=1S/C48H37NO3P2/c50-53(41-25-11-3-12-26-41,42-27-13-4-14-28-42)47-34-20-19-33-45(47)52-46-36-35-40(49(38-21-7-1-8-22-38)39-23-9-2-10-24-39)37-48(46)54(51,43-29-15-5-16-30-43)44-31-17-6-18-32-44/h1-37H. The van der Waals surface area contributed by atoms with Crippen LogP contribution in [0, 0.1) is 0 Å². The first-order chi connectivity index (χ1) is 26.6. The highest BCUT2D eigenvalue weighted by Gasteiger charge is 2.36. The molecule has 8 aromatic carbocycles. The van der Waals surface area contributed by atoms with E-state index >= 15 is 9.13 Å². The highest BCUT2D eigenvalue weighted by atomic mass is 31.2. The topological polar surface area (TPSA) is 46.6 Å². The lowest BCUT2D eigenvalue weighted by Crippen LogP contribution is -2.28. The summed E-state index contributed by atoms with van der Waals surface area (Å²) in [6.45, 7) is 0. The Morgan fingerprint density at radius 1 is 0.315 bits per heavy atom. The van der Waals surface area contributed by atoms with Crippen molar-refractivity contribution in [3.8, 4) is 11.5 Å². The van der Waals surface area contributed by atoms with Crippen LogP contribution in [0.5, 0.6) is 11.5 Å². The molecule has 262 valence electrons. The molecule has 0 amide bonds. The number of ether oxygens (including phenoxy) is 1. The molecule has 4 nitrogen and oxygen atoms in total. The van der Waals surface area contributed by atoms with E-state index in [2.05, 4.69) is 29.2 Å². The third-order valence-electron chi connectivity index (χ3n) is 9.47. The Labute approximate surface area is 316 Å². The zero-order chi connectivity index (χ0) is 36.8. The van der Waals surface area contributed by atoms with Crippen LogP contribution in [-0.2, 0) is 9.13 Å². The molecule has 0 aliphatic heterocycles. The van der Waals surface area contributed by atoms with E-state index < -0.39 is 14.3 Å². The van der Waals surface area contributed by atoms with Gasteiger partial charge in [-0.1, -0.05) is 170 Å². The first-order valence-electron chi connectivity index (χ1n) is 17.8. The minimum atomic E-state index is -3.59. The molecule has 6 heteroatoms. The van der Waals surface area contributed by atoms with E-state index in [0.717, 1.165) is 17.1 Å². The van der Waals surface area contributed by atoms with Crippen molar-refractivity contribution in [2.75, 3.05) is 4.90 Å². The summed E-state index contributed by atoms with van der Waals surface area (Å²) >= 11 is 0. The summed E-state index contributed by atoms with van der Waals surface area (Å²) in [5, 5.41) is 3.83. The highest BCUT2D eigenvalue weighted by molar-refractivity contribution is 7.86. The van der Waals surface area contributed by atoms with Crippen molar-refractivity contribution in [1.82, 2.24) is 0 Å². The summed E-state index contributed by atoms with van der Waals surface area (Å²) in [5.74, 6) is 0.842. The number of rotatable bonds is 11. The van der Waals surface area contributed by atoms with Gasteiger partial charge in [0.15, 0.2) is 14.3 Å². The summed E-state index contributed by atoms with van der Waals surface area (Å²) in [6, 6.07) is 72.0. The molecule has 0 bridgehead atoms. The number of hydrogen-bond acceptors (Lipinski definition) is 4. The third kappa shape index (κ3) is 6.63. The van der Waals surface area contributed by atoms with Crippen LogP contribution in [0.25, 0.3) is 0 Å². The Morgan fingerprint density at radius 2 is 0.648 bits per heavy atom. The van der Waals surface area contributed by atoms with Crippen LogP contribution in [0.1, 0.15) is 0 Å². The van der Waals surface area contributed by atoms with Gasteiger partial charge in [-0.2, -0.15) is 0 Å². The lowest BCUT2D eigenvalue weighted by molar-refractivity contribution is 0.489. The first kappa shape index (κ1) is 34.9. The minimum absolute atomic E-state index is 0.413. The molecule has 8 rings (SSSR count). The van der Waals surface area contributed by atoms with Gasteiger partial charge in [0.2, 0.25) is 0 Å². The fourth-order valence-electron chi connectivity index (χ4n) is 6.91. The van der Waals surface area contributed by atoms with Crippen LogP contribution in [0.4, 0.5) is 17.1 Å². The second-order valence-corrected chi connectivity index (χ2v) is 18.3. The maximum atomic E-state index is 16.2. The number of anilines is 3. The normalized spacial score (nSPS) is 11.5. The van der Waals surface area contributed by atoms with E-state index in [-0.39, 0.29) is 0 Å². The van der Waals surface area contributed by atoms with Gasteiger partial charge in [-0.15, -0.1) is 0 Å². The van der Waals surface area contributed by atoms with Crippen LogP contribution in [-0.4, -0.2) is 0 Å². The van der Waals surface area contributed by atoms with E-state index in [9.17, 15) is 0 Å². The molecule has 0 radical (unpaired) electrons. The van der Waals surface area contributed by atoms with Crippen LogP contribution >= 0.6 is 14.3 Å². The van der Waals surface area contributed by atoms with Gasteiger partial charge in [-0.3, -0.25) is 0 Å². The monoisotopic (exact) mass is 737 g/mol. The zero-order valence-corrected chi connectivity index (χ0v) is 31.2. The molecule has 0 atom stereocenters. The number of hydrogen-bond donors (Lipinski definition) is 0. The molecule has 0 spiro atoms. The fraction of sp³-hybridized carbons (Fsp3) is 0. The molecule has 0 fully saturated rings. The highest BCUT2D eigenvalue weighted by Crippen LogP contribution is 2.49. The van der Waals surface area contributed by atoms with E-state index in [1.165, 1.54) is 0 Å². The Morgan fingerprint density at radius 3 is 1.07 bits per heavy atom. The third-order valence-corrected chi connectivity index (χ3v) is 15.6. The second kappa shape index (κ2) is 15.4. The van der Waals surface area contributed by atoms with Crippen molar-refractivity contribution in [3.05, 3.63) is 224 Å². The molecule has 0 aliphatic rings. The smallest absolute Gasteiger partial charge is 0.174 e. The van der Waals surface area contributed by atoms with Gasteiger partial charge >= 0.3 is 0 Å². The van der Waals surface area contributed by atoms with Gasteiger partial charge in [-0.25, -0.2) is 0 Å². The summed E-state index contributed by atoms with van der Waals surface area (Å²) in [7, 11) is -7.02. The minimum Gasteiger partial charge on any atom is -0.456 e. The molecular weight excluding hydrogens is 700 g/mol. The van der Waals surface area contributed by atoms with Crippen molar-refractivity contribution in [1.29, 1.82) is 0 Å². The predicted octanol–water partition coefficient (Wildman–Crippen LogP) is 10.2. The van der Waals surface area contributed by atoms with Crippen molar-refractivity contribution >= 4 is 63.2 Å². The van der Waals surface area contributed by atoms with Crippen molar-refractivity contribution in [2.24, 2.45) is 0 Å². The number of benzene rings is 8. The quantitative estimate of drug-likeness (QED) is 0.124. The Bertz CT molecular complexity index is 2440. The molecule has 8 aromatic rings. The van der Waals surface area contributed by atoms with Crippen molar-refractivity contribution in [2.45, 2.75) is 0 Å². The van der Waals surface area contributed by atoms with E-state index in [4.69, 9.17) is 4.74 Å². The van der Waals surface area contributed by atoms with Gasteiger partial charge < -0.3 is 18.8 Å². The Kier molecular flexibility index (Phi) is 9.97. The van der Waals surface area contributed by atoms with Crippen molar-refractivity contribution in [3.63, 3.8) is 0 Å². The number of nitrogens with zero attached hydrogens (tertiary/aromatic N) is 1. The molecular formula is C48H37NO3P2. The Balaban J connectivity index is 1.38. The average Bonchev–Trinajstić information content (AvgIpc) is 3.26. The van der Waals surface area contributed by atoms with Gasteiger partial charge in [0.05, 0.1) is 10.6 Å². The molecule has 54 heavy (non-hydrogen) atoms. The summed E-state index contributed by atoms with van der Waals surface area (Å²) in [6.07, 6.45) is 0. The molecule has 0 aliphatic carbocycles. The van der Waals surface area contributed by atoms with Gasteiger partial charge in [0.1, 0.15) is 11.5 Å². The number of para-hydroxylation sites is 3. The van der Waals surface area contributed by atoms with Gasteiger partial charge in [-0.05, 0) is 54.6 Å². The van der Waals surface area contributed by atoms with Crippen LogP contribution in [0.15, 0.2) is 224 Å². The fourth-order valence-corrected chi connectivity index (χ4v) is 12.5. The van der Waals surface area contributed by atoms with Gasteiger partial charge in [0, 0.05) is 38.3 Å². The van der Waals surface area contributed by atoms with Crippen LogP contribution in [0.3, 0.4) is 0 Å². The zero-order valence-electron chi connectivity index (χ0n) is 29.4. The van der Waals surface area contributed by atoms with Gasteiger partial charge in [0.25, 0.3) is 0 Å². The molecule has 0 saturated heterocycles. The Hall–Kier alpha value is -6.18. The van der Waals surface area contributed by atoms with E-state index in [0.29, 0.717) is 43.3 Å². The molecule has 0 heterocycles. The second-order valence-electron chi connectivity index (χ2n) is 12.8. The van der Waals surface area contributed by atoms with E-state index in [1.54, 1.807) is 0 Å². The average molecular weight is 738 g/mol. The van der Waals surface area contributed by atoms with Crippen molar-refractivity contribution < 1.29 is 13.9 Å². The summed E-state index contributed by atoms with van der Waals surface area (Å²) in [4.78, 5) is 2.15. The maximum absolute atomic E-state index is 16.2. The molecule has 0 unspecified atom stereocenters. The molecule has 0 saturated carbocycles. The lowest BCUT2D eigenvalue weighted by atomic mass is 10.2. The van der Waals surface area contributed by atoms with Crippen LogP contribution < -0.4 is 41.5 Å². The molecule has 0 aromatic heterocycles. The van der Waals surface area contributed by atoms with E-state index in [1.807, 2.05) is 200 Å². The summed E-state index contributed by atoms with van der Waals surface area (Å²) in [5.41, 5.74) is 2.72. The maximum Gasteiger partial charge on any atom is 0.174 e. The molecule has 0 N–H and O–H groups in total. The van der Waals surface area contributed by atoms with Crippen LogP contribution in [0.2, 0.25) is 0 Å². The largest absolute Gasteiger partial charge is 0.456 e.